The van der Waals surface area contributed by atoms with Crippen LogP contribution in [-0.2, 0) is 0 Å². The minimum atomic E-state index is -0.138. The number of rotatable bonds is 4. The van der Waals surface area contributed by atoms with Crippen LogP contribution < -0.4 is 24.4 Å². The van der Waals surface area contributed by atoms with Crippen LogP contribution >= 0.6 is 0 Å². The number of hydrogen-bond acceptors (Lipinski definition) is 7. The first-order chi connectivity index (χ1) is 15.7. The van der Waals surface area contributed by atoms with Crippen molar-refractivity contribution in [1.29, 1.82) is 0 Å². The lowest BCUT2D eigenvalue weighted by molar-refractivity contribution is 0.174. The van der Waals surface area contributed by atoms with Crippen molar-refractivity contribution < 1.29 is 19.0 Å². The average molecular weight is 433 g/mol. The summed E-state index contributed by atoms with van der Waals surface area (Å²) in [5, 5.41) is 11.7. The summed E-state index contributed by atoms with van der Waals surface area (Å²) in [7, 11) is 1.64. The Balaban J connectivity index is 1.19. The van der Waals surface area contributed by atoms with Crippen molar-refractivity contribution in [3.63, 3.8) is 0 Å². The third-order valence-electron chi connectivity index (χ3n) is 5.55. The zero-order valence-corrected chi connectivity index (χ0v) is 17.7. The minimum Gasteiger partial charge on any atom is -0.496 e. The highest BCUT2D eigenvalue weighted by Gasteiger charge is 2.23. The highest BCUT2D eigenvalue weighted by molar-refractivity contribution is 5.90. The molecule has 2 aliphatic rings. The van der Waals surface area contributed by atoms with Gasteiger partial charge < -0.3 is 29.3 Å². The Morgan fingerprint density at radius 2 is 1.78 bits per heavy atom. The SMILES string of the molecule is COc1ccccc1-c1ccc(N2CCN(C(=O)Nc3ccc4c(c3)OCO4)CC2)nn1. The topological polar surface area (TPSA) is 89.1 Å². The van der Waals surface area contributed by atoms with Crippen LogP contribution in [0.4, 0.5) is 16.3 Å². The molecule has 1 aromatic heterocycles. The van der Waals surface area contributed by atoms with Gasteiger partial charge in [0.15, 0.2) is 17.3 Å². The summed E-state index contributed by atoms with van der Waals surface area (Å²) < 4.78 is 16.1. The summed E-state index contributed by atoms with van der Waals surface area (Å²) in [6.07, 6.45) is 0. The maximum atomic E-state index is 12.7. The molecule has 0 radical (unpaired) electrons. The highest BCUT2D eigenvalue weighted by atomic mass is 16.7. The molecule has 0 bridgehead atoms. The molecule has 0 unspecified atom stereocenters. The molecule has 1 fully saturated rings. The van der Waals surface area contributed by atoms with E-state index in [1.165, 1.54) is 0 Å². The van der Waals surface area contributed by atoms with E-state index in [1.807, 2.05) is 36.4 Å². The molecule has 2 amide bonds. The van der Waals surface area contributed by atoms with Crippen molar-refractivity contribution >= 4 is 17.5 Å². The first-order valence-electron chi connectivity index (χ1n) is 10.4. The Morgan fingerprint density at radius 1 is 0.969 bits per heavy atom. The van der Waals surface area contributed by atoms with E-state index in [9.17, 15) is 4.79 Å². The predicted octanol–water partition coefficient (Wildman–Crippen LogP) is 3.24. The standard InChI is InChI=1S/C23H23N5O4/c1-30-19-5-3-2-4-17(19)18-7-9-22(26-25-18)27-10-12-28(13-11-27)23(29)24-16-6-8-20-21(14-16)32-15-31-20/h2-9,14H,10-13,15H2,1H3,(H,24,29). The Bertz CT molecular complexity index is 1110. The second-order valence-electron chi connectivity index (χ2n) is 7.45. The van der Waals surface area contributed by atoms with Gasteiger partial charge in [0.1, 0.15) is 5.75 Å². The lowest BCUT2D eigenvalue weighted by atomic mass is 10.1. The van der Waals surface area contributed by atoms with Gasteiger partial charge in [0.05, 0.1) is 12.8 Å². The first kappa shape index (κ1) is 19.9. The molecule has 2 aliphatic heterocycles. The molecule has 1 N–H and O–H groups in total. The quantitative estimate of drug-likeness (QED) is 0.676. The molecular weight excluding hydrogens is 410 g/mol. The van der Waals surface area contributed by atoms with Gasteiger partial charge in [-0.2, -0.15) is 0 Å². The summed E-state index contributed by atoms with van der Waals surface area (Å²) in [5.74, 6) is 2.88. The molecule has 0 spiro atoms. The molecule has 164 valence electrons. The summed E-state index contributed by atoms with van der Waals surface area (Å²) in [5.41, 5.74) is 2.34. The van der Waals surface area contributed by atoms with Gasteiger partial charge in [0.25, 0.3) is 0 Å². The van der Waals surface area contributed by atoms with Crippen molar-refractivity contribution in [2.75, 3.05) is 50.3 Å². The lowest BCUT2D eigenvalue weighted by Gasteiger charge is -2.35. The number of anilines is 2. The van der Waals surface area contributed by atoms with Crippen molar-refractivity contribution in [3.8, 4) is 28.5 Å². The largest absolute Gasteiger partial charge is 0.496 e. The molecule has 9 nitrogen and oxygen atoms in total. The highest BCUT2D eigenvalue weighted by Crippen LogP contribution is 2.34. The number of methoxy groups -OCH3 is 1. The maximum absolute atomic E-state index is 12.7. The lowest BCUT2D eigenvalue weighted by Crippen LogP contribution is -2.50. The van der Waals surface area contributed by atoms with Crippen LogP contribution in [0.2, 0.25) is 0 Å². The van der Waals surface area contributed by atoms with Crippen molar-refractivity contribution in [2.24, 2.45) is 0 Å². The van der Waals surface area contributed by atoms with Crippen molar-refractivity contribution in [1.82, 2.24) is 15.1 Å². The molecule has 0 saturated carbocycles. The number of fused-ring (bicyclic) bond motifs is 1. The molecular formula is C23H23N5O4. The van der Waals surface area contributed by atoms with Crippen LogP contribution in [0.1, 0.15) is 0 Å². The zero-order valence-electron chi connectivity index (χ0n) is 17.7. The Kier molecular flexibility index (Phi) is 5.37. The van der Waals surface area contributed by atoms with Crippen LogP contribution in [0.3, 0.4) is 0 Å². The molecule has 3 aromatic rings. The fourth-order valence-electron chi connectivity index (χ4n) is 3.81. The molecule has 9 heteroatoms. The molecule has 2 aromatic carbocycles. The monoisotopic (exact) mass is 433 g/mol. The minimum absolute atomic E-state index is 0.138. The van der Waals surface area contributed by atoms with Gasteiger partial charge in [0.2, 0.25) is 6.79 Å². The molecule has 0 aliphatic carbocycles. The van der Waals surface area contributed by atoms with Crippen LogP contribution in [0.25, 0.3) is 11.3 Å². The van der Waals surface area contributed by atoms with Crippen LogP contribution in [-0.4, -0.2) is 61.2 Å². The fraction of sp³-hybridized carbons (Fsp3) is 0.261. The number of nitrogens with zero attached hydrogens (tertiary/aromatic N) is 4. The van der Waals surface area contributed by atoms with E-state index in [0.29, 0.717) is 43.4 Å². The summed E-state index contributed by atoms with van der Waals surface area (Å²) in [6.45, 7) is 2.74. The van der Waals surface area contributed by atoms with Gasteiger partial charge in [-0.3, -0.25) is 0 Å². The first-order valence-corrected chi connectivity index (χ1v) is 10.4. The summed E-state index contributed by atoms with van der Waals surface area (Å²) in [6, 6.07) is 16.9. The van der Waals surface area contributed by atoms with E-state index < -0.39 is 0 Å². The number of para-hydroxylation sites is 1. The second-order valence-corrected chi connectivity index (χ2v) is 7.45. The number of ether oxygens (including phenoxy) is 3. The Morgan fingerprint density at radius 3 is 2.56 bits per heavy atom. The van der Waals surface area contributed by atoms with Gasteiger partial charge in [-0.25, -0.2) is 4.79 Å². The van der Waals surface area contributed by atoms with E-state index in [2.05, 4.69) is 20.4 Å². The molecule has 5 rings (SSSR count). The molecule has 1 saturated heterocycles. The second kappa shape index (κ2) is 8.62. The van der Waals surface area contributed by atoms with E-state index in [-0.39, 0.29) is 12.8 Å². The number of hydrogen-bond donors (Lipinski definition) is 1. The van der Waals surface area contributed by atoms with Gasteiger partial charge in [-0.1, -0.05) is 12.1 Å². The third kappa shape index (κ3) is 3.96. The smallest absolute Gasteiger partial charge is 0.321 e. The molecule has 32 heavy (non-hydrogen) atoms. The fourth-order valence-corrected chi connectivity index (χ4v) is 3.81. The zero-order chi connectivity index (χ0) is 21.9. The number of piperazine rings is 1. The Labute approximate surface area is 185 Å². The van der Waals surface area contributed by atoms with Gasteiger partial charge in [0, 0.05) is 43.5 Å². The Hall–Kier alpha value is -4.01. The summed E-state index contributed by atoms with van der Waals surface area (Å²) >= 11 is 0. The predicted molar refractivity (Wildman–Crippen MR) is 119 cm³/mol. The van der Waals surface area contributed by atoms with Gasteiger partial charge in [-0.15, -0.1) is 10.2 Å². The molecule has 0 atom stereocenters. The van der Waals surface area contributed by atoms with Crippen LogP contribution in [0.5, 0.6) is 17.2 Å². The normalized spacial score (nSPS) is 14.9. The van der Waals surface area contributed by atoms with Gasteiger partial charge >= 0.3 is 6.03 Å². The van der Waals surface area contributed by atoms with Crippen molar-refractivity contribution in [2.45, 2.75) is 0 Å². The number of amides is 2. The number of carbonyl (C=O) groups is 1. The average Bonchev–Trinajstić information content (AvgIpc) is 3.32. The summed E-state index contributed by atoms with van der Waals surface area (Å²) in [4.78, 5) is 16.6. The third-order valence-corrected chi connectivity index (χ3v) is 5.55. The number of nitrogens with one attached hydrogen (secondary N) is 1. The van der Waals surface area contributed by atoms with E-state index in [4.69, 9.17) is 14.2 Å². The van der Waals surface area contributed by atoms with Crippen LogP contribution in [0.15, 0.2) is 54.6 Å². The van der Waals surface area contributed by atoms with E-state index >= 15 is 0 Å². The van der Waals surface area contributed by atoms with E-state index in [1.54, 1.807) is 30.2 Å². The number of urea groups is 1. The maximum Gasteiger partial charge on any atom is 0.321 e. The van der Waals surface area contributed by atoms with E-state index in [0.717, 1.165) is 22.8 Å². The molecule has 3 heterocycles. The number of carbonyl (C=O) groups excluding carboxylic acids is 1. The number of aromatic nitrogens is 2. The van der Waals surface area contributed by atoms with Gasteiger partial charge in [-0.05, 0) is 36.4 Å². The van der Waals surface area contributed by atoms with Crippen molar-refractivity contribution in [3.05, 3.63) is 54.6 Å². The number of benzene rings is 2. The van der Waals surface area contributed by atoms with Crippen LogP contribution in [0, 0.1) is 0 Å².